The summed E-state index contributed by atoms with van der Waals surface area (Å²) in [6.45, 7) is 0. The molecule has 4 rings (SSSR count). The van der Waals surface area contributed by atoms with Gasteiger partial charge < -0.3 is 14.2 Å². The minimum atomic E-state index is -0.419. The summed E-state index contributed by atoms with van der Waals surface area (Å²) < 4.78 is 17.4. The van der Waals surface area contributed by atoms with Gasteiger partial charge in [-0.2, -0.15) is 0 Å². The van der Waals surface area contributed by atoms with Crippen LogP contribution in [0.2, 0.25) is 0 Å². The zero-order valence-corrected chi connectivity index (χ0v) is 11.6. The van der Waals surface area contributed by atoms with Crippen molar-refractivity contribution in [2.75, 3.05) is 7.11 Å². The molecule has 0 fully saturated rings. The van der Waals surface area contributed by atoms with Gasteiger partial charge in [0.2, 0.25) is 0 Å². The molecule has 0 aromatic heterocycles. The molecule has 3 aromatic carbocycles. The first-order valence-electron chi connectivity index (χ1n) is 6.85. The van der Waals surface area contributed by atoms with E-state index in [9.17, 15) is 0 Å². The highest BCUT2D eigenvalue weighted by molar-refractivity contribution is 5.98. The summed E-state index contributed by atoms with van der Waals surface area (Å²) in [4.78, 5) is 0. The van der Waals surface area contributed by atoms with Crippen LogP contribution in [0.1, 0.15) is 11.9 Å². The molecule has 0 amide bonds. The van der Waals surface area contributed by atoms with Gasteiger partial charge in [-0.05, 0) is 18.2 Å². The minimum absolute atomic E-state index is 0.419. The van der Waals surface area contributed by atoms with Crippen LogP contribution in [-0.2, 0) is 0 Å². The summed E-state index contributed by atoms with van der Waals surface area (Å²) in [5.74, 6) is 2.46. The van der Waals surface area contributed by atoms with Crippen molar-refractivity contribution >= 4 is 10.8 Å². The van der Waals surface area contributed by atoms with Crippen molar-refractivity contribution < 1.29 is 14.2 Å². The molecule has 0 bridgehead atoms. The second-order valence-corrected chi connectivity index (χ2v) is 4.92. The van der Waals surface area contributed by atoms with E-state index in [4.69, 9.17) is 14.2 Å². The van der Waals surface area contributed by atoms with Crippen LogP contribution in [0, 0.1) is 0 Å². The Balaban J connectivity index is 1.86. The highest BCUT2D eigenvalue weighted by Crippen LogP contribution is 2.45. The molecular weight excluding hydrogens is 264 g/mol. The smallest absolute Gasteiger partial charge is 0.267 e. The normalized spacial score (nSPS) is 16.1. The lowest BCUT2D eigenvalue weighted by atomic mass is 10.1. The van der Waals surface area contributed by atoms with Crippen LogP contribution in [0.15, 0.2) is 60.7 Å². The van der Waals surface area contributed by atoms with E-state index in [0.717, 1.165) is 33.6 Å². The highest BCUT2D eigenvalue weighted by Gasteiger charge is 2.25. The first-order chi connectivity index (χ1) is 10.4. The Hall–Kier alpha value is -2.68. The van der Waals surface area contributed by atoms with Crippen LogP contribution in [0.5, 0.6) is 17.2 Å². The van der Waals surface area contributed by atoms with E-state index < -0.39 is 6.29 Å². The lowest BCUT2D eigenvalue weighted by molar-refractivity contribution is -0.00234. The van der Waals surface area contributed by atoms with Crippen molar-refractivity contribution in [1.82, 2.24) is 0 Å². The van der Waals surface area contributed by atoms with Crippen LogP contribution in [0.3, 0.4) is 0 Å². The molecule has 3 aromatic rings. The molecule has 0 N–H and O–H groups in total. The lowest BCUT2D eigenvalue weighted by Gasteiger charge is -2.27. The van der Waals surface area contributed by atoms with Crippen molar-refractivity contribution in [3.05, 3.63) is 66.2 Å². The van der Waals surface area contributed by atoms with Gasteiger partial charge in [0.1, 0.15) is 17.2 Å². The van der Waals surface area contributed by atoms with Crippen LogP contribution in [-0.4, -0.2) is 7.11 Å². The van der Waals surface area contributed by atoms with Gasteiger partial charge in [0.05, 0.1) is 12.5 Å². The Labute approximate surface area is 122 Å². The molecule has 1 unspecified atom stereocenters. The molecule has 1 aliphatic rings. The first-order valence-corrected chi connectivity index (χ1v) is 6.85. The average Bonchev–Trinajstić information content (AvgIpc) is 2.56. The minimum Gasteiger partial charge on any atom is -0.496 e. The molecule has 1 aliphatic heterocycles. The summed E-state index contributed by atoms with van der Waals surface area (Å²) in [6, 6.07) is 19.7. The Bertz CT molecular complexity index is 784. The Kier molecular flexibility index (Phi) is 2.71. The summed E-state index contributed by atoms with van der Waals surface area (Å²) in [5.41, 5.74) is 0.996. The van der Waals surface area contributed by atoms with Gasteiger partial charge >= 0.3 is 0 Å². The monoisotopic (exact) mass is 278 g/mol. The molecule has 0 aliphatic carbocycles. The third kappa shape index (κ3) is 1.89. The maximum absolute atomic E-state index is 6.01. The van der Waals surface area contributed by atoms with Gasteiger partial charge in [0.15, 0.2) is 0 Å². The molecule has 3 nitrogen and oxygen atoms in total. The van der Waals surface area contributed by atoms with Crippen molar-refractivity contribution in [3.63, 3.8) is 0 Å². The Morgan fingerprint density at radius 3 is 2.33 bits per heavy atom. The van der Waals surface area contributed by atoms with E-state index in [1.807, 2.05) is 60.7 Å². The second kappa shape index (κ2) is 4.70. The predicted molar refractivity (Wildman–Crippen MR) is 80.9 cm³/mol. The fourth-order valence-corrected chi connectivity index (χ4v) is 2.69. The molecule has 21 heavy (non-hydrogen) atoms. The van der Waals surface area contributed by atoms with E-state index in [1.165, 1.54) is 0 Å². The summed E-state index contributed by atoms with van der Waals surface area (Å²) in [6.07, 6.45) is -0.419. The fourth-order valence-electron chi connectivity index (χ4n) is 2.69. The number of hydrogen-bond donors (Lipinski definition) is 0. The molecule has 0 saturated carbocycles. The Morgan fingerprint density at radius 1 is 0.810 bits per heavy atom. The van der Waals surface area contributed by atoms with Crippen molar-refractivity contribution in [2.24, 2.45) is 0 Å². The summed E-state index contributed by atoms with van der Waals surface area (Å²) in [5, 5.41) is 1.96. The first kappa shape index (κ1) is 12.1. The zero-order chi connectivity index (χ0) is 14.2. The topological polar surface area (TPSA) is 27.7 Å². The molecule has 3 heteroatoms. The van der Waals surface area contributed by atoms with Crippen molar-refractivity contribution in [2.45, 2.75) is 6.29 Å². The fraction of sp³-hybridized carbons (Fsp3) is 0.111. The van der Waals surface area contributed by atoms with Crippen LogP contribution < -0.4 is 14.2 Å². The van der Waals surface area contributed by atoms with Gasteiger partial charge in [-0.25, -0.2) is 0 Å². The van der Waals surface area contributed by atoms with Gasteiger partial charge in [-0.3, -0.25) is 0 Å². The number of ether oxygens (including phenoxy) is 3. The van der Waals surface area contributed by atoms with Crippen LogP contribution >= 0.6 is 0 Å². The van der Waals surface area contributed by atoms with Crippen LogP contribution in [0.25, 0.3) is 10.8 Å². The summed E-state index contributed by atoms with van der Waals surface area (Å²) >= 11 is 0. The highest BCUT2D eigenvalue weighted by atomic mass is 16.7. The molecule has 0 spiro atoms. The maximum Gasteiger partial charge on any atom is 0.267 e. The molecule has 0 radical (unpaired) electrons. The van der Waals surface area contributed by atoms with Gasteiger partial charge in [0.25, 0.3) is 6.29 Å². The van der Waals surface area contributed by atoms with Gasteiger partial charge in [0, 0.05) is 10.9 Å². The van der Waals surface area contributed by atoms with E-state index in [1.54, 1.807) is 7.11 Å². The largest absolute Gasteiger partial charge is 0.496 e. The molecular formula is C18H14O3. The SMILES string of the molecule is COc1ccc2c3c(cccc13)OC(c1ccccc1)O2. The standard InChI is InChI=1S/C18H14O3/c1-19-14-10-11-16-17-13(14)8-5-9-15(17)20-18(21-16)12-6-3-2-4-7-12/h2-11,18H,1H3. The molecule has 104 valence electrons. The Morgan fingerprint density at radius 2 is 1.57 bits per heavy atom. The van der Waals surface area contributed by atoms with Gasteiger partial charge in [-0.15, -0.1) is 0 Å². The van der Waals surface area contributed by atoms with Crippen LogP contribution in [0.4, 0.5) is 0 Å². The number of benzene rings is 3. The van der Waals surface area contributed by atoms with E-state index in [0.29, 0.717) is 0 Å². The van der Waals surface area contributed by atoms with E-state index in [2.05, 4.69) is 0 Å². The molecule has 1 heterocycles. The zero-order valence-electron chi connectivity index (χ0n) is 11.6. The average molecular weight is 278 g/mol. The number of hydrogen-bond acceptors (Lipinski definition) is 3. The van der Waals surface area contributed by atoms with Crippen molar-refractivity contribution in [3.8, 4) is 17.2 Å². The number of methoxy groups -OCH3 is 1. The lowest BCUT2D eigenvalue weighted by Crippen LogP contribution is -2.18. The maximum atomic E-state index is 6.01. The summed E-state index contributed by atoms with van der Waals surface area (Å²) in [7, 11) is 1.67. The second-order valence-electron chi connectivity index (χ2n) is 4.92. The third-order valence-corrected chi connectivity index (χ3v) is 3.68. The quantitative estimate of drug-likeness (QED) is 0.698. The third-order valence-electron chi connectivity index (χ3n) is 3.68. The number of rotatable bonds is 2. The molecule has 1 atom stereocenters. The van der Waals surface area contributed by atoms with E-state index in [-0.39, 0.29) is 0 Å². The van der Waals surface area contributed by atoms with Gasteiger partial charge in [-0.1, -0.05) is 42.5 Å². The predicted octanol–water partition coefficient (Wildman–Crippen LogP) is 4.32. The van der Waals surface area contributed by atoms with E-state index >= 15 is 0 Å². The van der Waals surface area contributed by atoms with Crippen molar-refractivity contribution in [1.29, 1.82) is 0 Å². The molecule has 0 saturated heterocycles.